The van der Waals surface area contributed by atoms with Gasteiger partial charge in [0.25, 0.3) is 0 Å². The number of aromatic nitrogens is 1. The van der Waals surface area contributed by atoms with Crippen LogP contribution in [0.5, 0.6) is 0 Å². The number of carbonyl (C=O) groups excluding carboxylic acids is 1. The highest BCUT2D eigenvalue weighted by molar-refractivity contribution is 5.87. The monoisotopic (exact) mass is 291 g/mol. The topological polar surface area (TPSA) is 39.2 Å². The van der Waals surface area contributed by atoms with Crippen molar-refractivity contribution in [2.45, 2.75) is 65.2 Å². The van der Waals surface area contributed by atoms with E-state index in [9.17, 15) is 4.79 Å². The van der Waals surface area contributed by atoms with Gasteiger partial charge in [0.15, 0.2) is 0 Å². The summed E-state index contributed by atoms with van der Waals surface area (Å²) in [6.07, 6.45) is 11.4. The van der Waals surface area contributed by atoms with Gasteiger partial charge < -0.3 is 4.74 Å². The van der Waals surface area contributed by atoms with Gasteiger partial charge in [-0.2, -0.15) is 0 Å². The lowest BCUT2D eigenvalue weighted by Gasteiger charge is -2.16. The Labute approximate surface area is 129 Å². The molecule has 0 aliphatic heterocycles. The van der Waals surface area contributed by atoms with Crippen LogP contribution in [0.1, 0.15) is 75.7 Å². The summed E-state index contributed by atoms with van der Waals surface area (Å²) in [5.74, 6) is 0.195. The fraction of sp³-hybridized carbons (Fsp3) is 0.667. The Morgan fingerprint density at radius 2 is 1.86 bits per heavy atom. The van der Waals surface area contributed by atoms with E-state index in [0.29, 0.717) is 18.2 Å². The SMILES string of the molecule is CCCCCCC(CCCC)COC(=O)c1ccccn1. The van der Waals surface area contributed by atoms with Gasteiger partial charge in [0, 0.05) is 6.20 Å². The standard InChI is InChI=1S/C18H29NO2/c1-3-5-7-8-12-16(11-6-4-2)15-21-18(20)17-13-9-10-14-19-17/h9-10,13-14,16H,3-8,11-12,15H2,1-2H3. The first kappa shape index (κ1) is 17.7. The van der Waals surface area contributed by atoms with E-state index >= 15 is 0 Å². The van der Waals surface area contributed by atoms with E-state index in [2.05, 4.69) is 18.8 Å². The summed E-state index contributed by atoms with van der Waals surface area (Å²) in [6, 6.07) is 5.31. The molecule has 0 amide bonds. The molecule has 1 heterocycles. The van der Waals surface area contributed by atoms with Gasteiger partial charge in [0.1, 0.15) is 5.69 Å². The number of pyridine rings is 1. The zero-order valence-electron chi connectivity index (χ0n) is 13.5. The van der Waals surface area contributed by atoms with Crippen molar-refractivity contribution >= 4 is 5.97 Å². The quantitative estimate of drug-likeness (QED) is 0.424. The molecule has 1 unspecified atom stereocenters. The summed E-state index contributed by atoms with van der Waals surface area (Å²) in [4.78, 5) is 15.9. The lowest BCUT2D eigenvalue weighted by atomic mass is 9.96. The average molecular weight is 291 g/mol. The molecule has 1 aromatic rings. The summed E-state index contributed by atoms with van der Waals surface area (Å²) in [5.41, 5.74) is 0.401. The number of esters is 1. The van der Waals surface area contributed by atoms with Gasteiger partial charge in [-0.1, -0.05) is 58.4 Å². The van der Waals surface area contributed by atoms with E-state index in [-0.39, 0.29) is 5.97 Å². The molecule has 1 rings (SSSR count). The van der Waals surface area contributed by atoms with Gasteiger partial charge in [-0.3, -0.25) is 0 Å². The molecule has 118 valence electrons. The summed E-state index contributed by atoms with van der Waals surface area (Å²) in [7, 11) is 0. The van der Waals surface area contributed by atoms with Crippen LogP contribution in [-0.2, 0) is 4.74 Å². The normalized spacial score (nSPS) is 12.1. The number of hydrogen-bond acceptors (Lipinski definition) is 3. The second-order valence-corrected chi connectivity index (χ2v) is 5.67. The fourth-order valence-corrected chi connectivity index (χ4v) is 2.41. The number of unbranched alkanes of at least 4 members (excludes halogenated alkanes) is 4. The Morgan fingerprint density at radius 3 is 2.52 bits per heavy atom. The van der Waals surface area contributed by atoms with Crippen molar-refractivity contribution in [3.63, 3.8) is 0 Å². The summed E-state index contributed by atoms with van der Waals surface area (Å²) in [6.45, 7) is 4.96. The molecule has 21 heavy (non-hydrogen) atoms. The van der Waals surface area contributed by atoms with Gasteiger partial charge in [-0.15, -0.1) is 0 Å². The van der Waals surface area contributed by atoms with E-state index in [1.165, 1.54) is 38.5 Å². The fourth-order valence-electron chi connectivity index (χ4n) is 2.41. The van der Waals surface area contributed by atoms with Crippen LogP contribution >= 0.6 is 0 Å². The Morgan fingerprint density at radius 1 is 1.10 bits per heavy atom. The second kappa shape index (κ2) is 11.3. The summed E-state index contributed by atoms with van der Waals surface area (Å²) < 4.78 is 5.44. The van der Waals surface area contributed by atoms with Crippen LogP contribution in [0.4, 0.5) is 0 Å². The Balaban J connectivity index is 2.35. The van der Waals surface area contributed by atoms with Crippen LogP contribution in [0.15, 0.2) is 24.4 Å². The molecular formula is C18H29NO2. The third kappa shape index (κ3) is 7.84. The van der Waals surface area contributed by atoms with E-state index in [4.69, 9.17) is 4.74 Å². The van der Waals surface area contributed by atoms with Crippen LogP contribution in [0.3, 0.4) is 0 Å². The Bertz CT molecular complexity index is 378. The van der Waals surface area contributed by atoms with E-state index in [0.717, 1.165) is 12.8 Å². The lowest BCUT2D eigenvalue weighted by molar-refractivity contribution is 0.0415. The Hall–Kier alpha value is -1.38. The predicted molar refractivity (Wildman–Crippen MR) is 86.3 cm³/mol. The highest BCUT2D eigenvalue weighted by Crippen LogP contribution is 2.18. The van der Waals surface area contributed by atoms with Crippen LogP contribution < -0.4 is 0 Å². The molecule has 3 nitrogen and oxygen atoms in total. The van der Waals surface area contributed by atoms with E-state index in [1.807, 2.05) is 6.07 Å². The first-order valence-corrected chi connectivity index (χ1v) is 8.36. The third-order valence-electron chi connectivity index (χ3n) is 3.76. The smallest absolute Gasteiger partial charge is 0.356 e. The van der Waals surface area contributed by atoms with Crippen LogP contribution in [0.2, 0.25) is 0 Å². The zero-order chi connectivity index (χ0) is 15.3. The molecule has 1 aromatic heterocycles. The number of hydrogen-bond donors (Lipinski definition) is 0. The van der Waals surface area contributed by atoms with Gasteiger partial charge in [0.05, 0.1) is 6.61 Å². The highest BCUT2D eigenvalue weighted by Gasteiger charge is 2.13. The van der Waals surface area contributed by atoms with Gasteiger partial charge in [-0.25, -0.2) is 9.78 Å². The minimum atomic E-state index is -0.300. The molecule has 0 fully saturated rings. The average Bonchev–Trinajstić information content (AvgIpc) is 2.53. The molecule has 3 heteroatoms. The van der Waals surface area contributed by atoms with Gasteiger partial charge in [0.2, 0.25) is 0 Å². The van der Waals surface area contributed by atoms with Crippen molar-refractivity contribution in [3.05, 3.63) is 30.1 Å². The molecule has 0 saturated carbocycles. The van der Waals surface area contributed by atoms with Gasteiger partial charge in [-0.05, 0) is 30.9 Å². The number of carbonyl (C=O) groups is 1. The number of rotatable bonds is 11. The van der Waals surface area contributed by atoms with E-state index in [1.54, 1.807) is 18.3 Å². The minimum absolute atomic E-state index is 0.300. The van der Waals surface area contributed by atoms with Crippen molar-refractivity contribution in [1.82, 2.24) is 4.98 Å². The van der Waals surface area contributed by atoms with Crippen molar-refractivity contribution in [1.29, 1.82) is 0 Å². The molecule has 0 radical (unpaired) electrons. The summed E-state index contributed by atoms with van der Waals surface area (Å²) in [5, 5.41) is 0. The van der Waals surface area contributed by atoms with E-state index < -0.39 is 0 Å². The predicted octanol–water partition coefficient (Wildman–Crippen LogP) is 5.02. The minimum Gasteiger partial charge on any atom is -0.461 e. The van der Waals surface area contributed by atoms with Crippen LogP contribution in [0, 0.1) is 5.92 Å². The maximum Gasteiger partial charge on any atom is 0.356 e. The first-order chi connectivity index (χ1) is 10.3. The molecule has 0 aliphatic carbocycles. The maximum atomic E-state index is 11.9. The molecule has 0 N–H and O–H groups in total. The van der Waals surface area contributed by atoms with Gasteiger partial charge >= 0.3 is 5.97 Å². The van der Waals surface area contributed by atoms with Crippen molar-refractivity contribution < 1.29 is 9.53 Å². The third-order valence-corrected chi connectivity index (χ3v) is 3.76. The summed E-state index contributed by atoms with van der Waals surface area (Å²) >= 11 is 0. The second-order valence-electron chi connectivity index (χ2n) is 5.67. The van der Waals surface area contributed by atoms with Crippen molar-refractivity contribution in [3.8, 4) is 0 Å². The first-order valence-electron chi connectivity index (χ1n) is 8.36. The Kier molecular flexibility index (Phi) is 9.51. The molecule has 0 aliphatic rings. The van der Waals surface area contributed by atoms with Crippen LogP contribution in [0.25, 0.3) is 0 Å². The highest BCUT2D eigenvalue weighted by atomic mass is 16.5. The molecule has 0 spiro atoms. The van der Waals surface area contributed by atoms with Crippen LogP contribution in [-0.4, -0.2) is 17.6 Å². The largest absolute Gasteiger partial charge is 0.461 e. The number of ether oxygens (including phenoxy) is 1. The molecule has 0 saturated heterocycles. The van der Waals surface area contributed by atoms with Crippen molar-refractivity contribution in [2.24, 2.45) is 5.92 Å². The molecule has 0 aromatic carbocycles. The molecule has 0 bridgehead atoms. The molecule has 1 atom stereocenters. The maximum absolute atomic E-state index is 11.9. The zero-order valence-corrected chi connectivity index (χ0v) is 13.5. The molecular weight excluding hydrogens is 262 g/mol. The number of nitrogens with zero attached hydrogens (tertiary/aromatic N) is 1. The lowest BCUT2D eigenvalue weighted by Crippen LogP contribution is -2.15. The van der Waals surface area contributed by atoms with Crippen molar-refractivity contribution in [2.75, 3.05) is 6.61 Å².